The molecule has 0 bridgehead atoms. The molecular formula is C11H16N2O4S. The molecule has 0 saturated carbocycles. The Kier molecular flexibility index (Phi) is 3.65. The van der Waals surface area contributed by atoms with E-state index < -0.39 is 18.0 Å². The average Bonchev–Trinajstić information content (AvgIpc) is 2.60. The third-order valence-electron chi connectivity index (χ3n) is 3.28. The first-order valence-electron chi connectivity index (χ1n) is 5.79. The molecule has 0 aliphatic carbocycles. The molecule has 2 aliphatic rings. The first-order chi connectivity index (χ1) is 8.49. The van der Waals surface area contributed by atoms with E-state index in [1.54, 1.807) is 6.92 Å². The van der Waals surface area contributed by atoms with Crippen molar-refractivity contribution in [2.24, 2.45) is 11.7 Å². The number of carbonyl (C=O) groups excluding carboxylic acids is 1. The highest BCUT2D eigenvalue weighted by Crippen LogP contribution is 2.46. The third-order valence-corrected chi connectivity index (χ3v) is 4.43. The summed E-state index contributed by atoms with van der Waals surface area (Å²) in [6.45, 7) is 2.02. The quantitative estimate of drug-likeness (QED) is 0.588. The van der Waals surface area contributed by atoms with E-state index in [1.165, 1.54) is 16.7 Å². The number of aliphatic hydroxyl groups is 1. The molecule has 0 spiro atoms. The van der Waals surface area contributed by atoms with Gasteiger partial charge in [-0.25, -0.2) is 4.79 Å². The van der Waals surface area contributed by atoms with Gasteiger partial charge in [-0.2, -0.15) is 0 Å². The molecule has 1 amide bonds. The van der Waals surface area contributed by atoms with Crippen molar-refractivity contribution in [2.45, 2.75) is 25.5 Å². The number of hydrogen-bond donors (Lipinski definition) is 3. The van der Waals surface area contributed by atoms with Gasteiger partial charge in [-0.15, -0.1) is 11.8 Å². The zero-order chi connectivity index (χ0) is 13.4. The van der Waals surface area contributed by atoms with Crippen LogP contribution in [0.5, 0.6) is 0 Å². The first kappa shape index (κ1) is 13.4. The SMILES string of the molecule is CC(O)[C@H]1C(=O)N2C(C(=O)O)=C(SCCN)C[C@H]12. The van der Waals surface area contributed by atoms with Crippen molar-refractivity contribution in [3.05, 3.63) is 10.6 Å². The van der Waals surface area contributed by atoms with Gasteiger partial charge in [-0.1, -0.05) is 0 Å². The lowest BCUT2D eigenvalue weighted by atomic mass is 9.83. The summed E-state index contributed by atoms with van der Waals surface area (Å²) in [5.41, 5.74) is 5.47. The molecule has 0 radical (unpaired) electrons. The van der Waals surface area contributed by atoms with Crippen LogP contribution in [0.25, 0.3) is 0 Å². The minimum absolute atomic E-state index is 0.0698. The minimum Gasteiger partial charge on any atom is -0.477 e. The lowest BCUT2D eigenvalue weighted by Gasteiger charge is -2.44. The normalized spacial score (nSPS) is 28.2. The van der Waals surface area contributed by atoms with Gasteiger partial charge in [0, 0.05) is 23.6 Å². The minimum atomic E-state index is -1.09. The summed E-state index contributed by atoms with van der Waals surface area (Å²) >= 11 is 1.38. The van der Waals surface area contributed by atoms with E-state index in [2.05, 4.69) is 0 Å². The van der Waals surface area contributed by atoms with E-state index in [0.717, 1.165) is 0 Å². The van der Waals surface area contributed by atoms with Gasteiger partial charge in [0.05, 0.1) is 18.1 Å². The number of carbonyl (C=O) groups is 2. The Labute approximate surface area is 109 Å². The Balaban J connectivity index is 2.21. The number of thioether (sulfide) groups is 1. The van der Waals surface area contributed by atoms with Crippen LogP contribution >= 0.6 is 11.8 Å². The van der Waals surface area contributed by atoms with Crippen molar-refractivity contribution in [2.75, 3.05) is 12.3 Å². The van der Waals surface area contributed by atoms with Crippen LogP contribution in [0.4, 0.5) is 0 Å². The third kappa shape index (κ3) is 1.92. The van der Waals surface area contributed by atoms with Crippen LogP contribution in [0.2, 0.25) is 0 Å². The van der Waals surface area contributed by atoms with Crippen molar-refractivity contribution in [1.29, 1.82) is 0 Å². The van der Waals surface area contributed by atoms with Crippen LogP contribution in [-0.4, -0.2) is 51.4 Å². The van der Waals surface area contributed by atoms with Crippen LogP contribution < -0.4 is 5.73 Å². The van der Waals surface area contributed by atoms with Gasteiger partial charge < -0.3 is 20.8 Å². The summed E-state index contributed by atoms with van der Waals surface area (Å²) in [6, 6.07) is -0.205. The molecule has 2 heterocycles. The summed E-state index contributed by atoms with van der Waals surface area (Å²) in [5, 5.41) is 18.7. The molecule has 1 unspecified atom stereocenters. The number of nitrogens with zero attached hydrogens (tertiary/aromatic N) is 1. The van der Waals surface area contributed by atoms with Crippen LogP contribution in [-0.2, 0) is 9.59 Å². The second-order valence-electron chi connectivity index (χ2n) is 4.46. The zero-order valence-electron chi connectivity index (χ0n) is 10.00. The molecule has 18 heavy (non-hydrogen) atoms. The Bertz CT molecular complexity index is 421. The monoisotopic (exact) mass is 272 g/mol. The zero-order valence-corrected chi connectivity index (χ0v) is 10.8. The number of carboxylic acid groups (broad SMARTS) is 1. The van der Waals surface area contributed by atoms with Crippen molar-refractivity contribution in [3.63, 3.8) is 0 Å². The van der Waals surface area contributed by atoms with E-state index in [4.69, 9.17) is 5.73 Å². The molecule has 0 aromatic carbocycles. The van der Waals surface area contributed by atoms with Crippen molar-refractivity contribution in [3.8, 4) is 0 Å². The fraction of sp³-hybridized carbons (Fsp3) is 0.636. The fourth-order valence-corrected chi connectivity index (χ4v) is 3.52. The van der Waals surface area contributed by atoms with Gasteiger partial charge in [-0.05, 0) is 6.92 Å². The Morgan fingerprint density at radius 2 is 2.33 bits per heavy atom. The molecule has 0 aromatic rings. The predicted octanol–water partition coefficient (Wildman–Crippen LogP) is -0.414. The maximum atomic E-state index is 11.9. The second kappa shape index (κ2) is 4.91. The van der Waals surface area contributed by atoms with E-state index in [-0.39, 0.29) is 17.6 Å². The first-order valence-corrected chi connectivity index (χ1v) is 6.78. The summed E-state index contributed by atoms with van der Waals surface area (Å²) in [4.78, 5) is 25.1. The van der Waals surface area contributed by atoms with Gasteiger partial charge in [0.1, 0.15) is 5.70 Å². The highest BCUT2D eigenvalue weighted by Gasteiger charge is 2.56. The number of aliphatic hydroxyl groups excluding tert-OH is 1. The van der Waals surface area contributed by atoms with E-state index in [1.807, 2.05) is 0 Å². The van der Waals surface area contributed by atoms with E-state index in [9.17, 15) is 19.8 Å². The lowest BCUT2D eigenvalue weighted by molar-refractivity contribution is -0.161. The molecule has 100 valence electrons. The number of aliphatic carboxylic acids is 1. The number of β-lactam (4-membered cyclic amide) rings is 1. The van der Waals surface area contributed by atoms with Crippen LogP contribution in [0, 0.1) is 5.92 Å². The molecule has 2 rings (SSSR count). The number of hydrogen-bond acceptors (Lipinski definition) is 5. The van der Waals surface area contributed by atoms with Crippen molar-refractivity contribution >= 4 is 23.6 Å². The molecule has 6 nitrogen and oxygen atoms in total. The summed E-state index contributed by atoms with van der Waals surface area (Å²) in [7, 11) is 0. The number of rotatable bonds is 5. The maximum Gasteiger partial charge on any atom is 0.353 e. The Hall–Kier alpha value is -1.05. The summed E-state index contributed by atoms with van der Waals surface area (Å²) in [6.07, 6.45) is -0.235. The molecule has 2 aliphatic heterocycles. The van der Waals surface area contributed by atoms with Gasteiger partial charge in [0.25, 0.3) is 0 Å². The van der Waals surface area contributed by atoms with Gasteiger partial charge in [0.2, 0.25) is 5.91 Å². The maximum absolute atomic E-state index is 11.9. The number of nitrogens with two attached hydrogens (primary N) is 1. The van der Waals surface area contributed by atoms with Gasteiger partial charge in [0.15, 0.2) is 0 Å². The summed E-state index contributed by atoms with van der Waals surface area (Å²) in [5.74, 6) is -1.24. The van der Waals surface area contributed by atoms with E-state index in [0.29, 0.717) is 23.6 Å². The predicted molar refractivity (Wildman–Crippen MR) is 66.6 cm³/mol. The standard InChI is InChI=1S/C11H16N2O4S/c1-5(14)8-6-4-7(18-3-2-12)9(11(16)17)13(6)10(8)15/h5-6,8,14H,2-4,12H2,1H3,(H,16,17)/t5?,6-,8-/m1/s1. The van der Waals surface area contributed by atoms with Crippen molar-refractivity contribution in [1.82, 2.24) is 4.90 Å². The average molecular weight is 272 g/mol. The van der Waals surface area contributed by atoms with Crippen LogP contribution in [0.1, 0.15) is 13.3 Å². The topological polar surface area (TPSA) is 104 Å². The van der Waals surface area contributed by atoms with Gasteiger partial charge >= 0.3 is 5.97 Å². The number of fused-ring (bicyclic) bond motifs is 1. The Morgan fingerprint density at radius 1 is 1.67 bits per heavy atom. The Morgan fingerprint density at radius 3 is 2.83 bits per heavy atom. The molecule has 4 N–H and O–H groups in total. The van der Waals surface area contributed by atoms with Crippen molar-refractivity contribution < 1.29 is 19.8 Å². The van der Waals surface area contributed by atoms with E-state index >= 15 is 0 Å². The highest BCUT2D eigenvalue weighted by atomic mass is 32.2. The number of amides is 1. The molecule has 1 fully saturated rings. The van der Waals surface area contributed by atoms with Crippen LogP contribution in [0.3, 0.4) is 0 Å². The molecule has 1 saturated heterocycles. The highest BCUT2D eigenvalue weighted by molar-refractivity contribution is 8.03. The molecule has 0 aromatic heterocycles. The lowest BCUT2D eigenvalue weighted by Crippen LogP contribution is -2.61. The smallest absolute Gasteiger partial charge is 0.353 e. The molecule has 7 heteroatoms. The van der Waals surface area contributed by atoms with Gasteiger partial charge in [-0.3, -0.25) is 4.79 Å². The largest absolute Gasteiger partial charge is 0.477 e. The molecule has 3 atom stereocenters. The second-order valence-corrected chi connectivity index (χ2v) is 5.65. The molecular weight excluding hydrogens is 256 g/mol. The van der Waals surface area contributed by atoms with Crippen LogP contribution in [0.15, 0.2) is 10.6 Å². The fourth-order valence-electron chi connectivity index (χ4n) is 2.54. The number of carboxylic acids is 1. The summed E-state index contributed by atoms with van der Waals surface area (Å²) < 4.78 is 0.